The lowest BCUT2D eigenvalue weighted by atomic mass is 10.0. The minimum Gasteiger partial charge on any atom is -0.497 e. The second-order valence-electron chi connectivity index (χ2n) is 5.45. The molecule has 2 rings (SSSR count). The Labute approximate surface area is 126 Å². The van der Waals surface area contributed by atoms with E-state index < -0.39 is 0 Å². The second kappa shape index (κ2) is 7.67. The summed E-state index contributed by atoms with van der Waals surface area (Å²) in [5, 5.41) is 17.9. The summed E-state index contributed by atoms with van der Waals surface area (Å²) in [7, 11) is 1.67. The van der Waals surface area contributed by atoms with E-state index in [1.54, 1.807) is 7.11 Å². The minimum absolute atomic E-state index is 0.0523. The van der Waals surface area contributed by atoms with Crippen LogP contribution in [0.4, 0.5) is 0 Å². The van der Waals surface area contributed by atoms with Crippen LogP contribution in [0.2, 0.25) is 0 Å². The van der Waals surface area contributed by atoms with Crippen molar-refractivity contribution in [1.29, 1.82) is 10.5 Å². The van der Waals surface area contributed by atoms with Crippen LogP contribution in [0, 0.1) is 28.6 Å². The molecule has 0 amide bonds. The Kier molecular flexibility index (Phi) is 5.60. The van der Waals surface area contributed by atoms with Crippen molar-refractivity contribution in [3.63, 3.8) is 0 Å². The van der Waals surface area contributed by atoms with Crippen LogP contribution in [0.5, 0.6) is 5.75 Å². The summed E-state index contributed by atoms with van der Waals surface area (Å²) in [6.45, 7) is 1.79. The van der Waals surface area contributed by atoms with Gasteiger partial charge in [0.1, 0.15) is 5.75 Å². The number of methoxy groups -OCH3 is 1. The maximum absolute atomic E-state index is 9.24. The highest BCUT2D eigenvalue weighted by Crippen LogP contribution is 2.33. The molecular formula is C17H21N3O. The lowest BCUT2D eigenvalue weighted by Gasteiger charge is -2.26. The van der Waals surface area contributed by atoms with Gasteiger partial charge in [-0.05, 0) is 43.5 Å². The molecular weight excluding hydrogens is 262 g/mol. The fraction of sp³-hybridized carbons (Fsp3) is 0.529. The highest BCUT2D eigenvalue weighted by Gasteiger charge is 2.27. The van der Waals surface area contributed by atoms with Crippen LogP contribution in [0.3, 0.4) is 0 Å². The Hall–Kier alpha value is -2.04. The third-order valence-electron chi connectivity index (χ3n) is 4.11. The van der Waals surface area contributed by atoms with E-state index in [0.29, 0.717) is 18.9 Å². The summed E-state index contributed by atoms with van der Waals surface area (Å²) < 4.78 is 5.20. The Balaban J connectivity index is 2.02. The monoisotopic (exact) mass is 283 g/mol. The molecule has 0 bridgehead atoms. The first-order valence-electron chi connectivity index (χ1n) is 7.43. The van der Waals surface area contributed by atoms with Crippen LogP contribution in [0.1, 0.15) is 37.3 Å². The maximum Gasteiger partial charge on any atom is 0.118 e. The number of hydrogen-bond acceptors (Lipinski definition) is 4. The predicted molar refractivity (Wildman–Crippen MR) is 80.5 cm³/mol. The van der Waals surface area contributed by atoms with E-state index in [4.69, 9.17) is 10.00 Å². The van der Waals surface area contributed by atoms with Crippen molar-refractivity contribution < 1.29 is 4.74 Å². The number of rotatable bonds is 6. The van der Waals surface area contributed by atoms with Gasteiger partial charge in [-0.15, -0.1) is 0 Å². The molecule has 0 aromatic heterocycles. The van der Waals surface area contributed by atoms with Crippen molar-refractivity contribution in [2.75, 3.05) is 20.2 Å². The van der Waals surface area contributed by atoms with Gasteiger partial charge in [-0.3, -0.25) is 4.90 Å². The summed E-state index contributed by atoms with van der Waals surface area (Å²) in [5.74, 6) is 0.815. The van der Waals surface area contributed by atoms with Gasteiger partial charge in [0.15, 0.2) is 0 Å². The number of nitrogens with zero attached hydrogens (tertiary/aromatic N) is 3. The van der Waals surface area contributed by atoms with E-state index in [9.17, 15) is 5.26 Å². The number of hydrogen-bond donors (Lipinski definition) is 0. The molecule has 0 radical (unpaired) electrons. The van der Waals surface area contributed by atoms with E-state index in [1.165, 1.54) is 5.56 Å². The maximum atomic E-state index is 9.24. The van der Waals surface area contributed by atoms with Crippen LogP contribution in [-0.4, -0.2) is 25.1 Å². The standard InChI is InChI=1S/C17H21N3O/c1-21-16-8-6-15(7-9-16)17-5-3-11-20(17)13-14(12-19)4-2-10-18/h6-9,14,17H,2-5,11,13H2,1H3/t14-,17+/m1/s1. The number of nitriles is 2. The highest BCUT2D eigenvalue weighted by molar-refractivity contribution is 5.29. The van der Waals surface area contributed by atoms with Gasteiger partial charge in [0.25, 0.3) is 0 Å². The number of ether oxygens (including phenoxy) is 1. The molecule has 1 aliphatic rings. The van der Waals surface area contributed by atoms with E-state index in [0.717, 1.165) is 31.7 Å². The van der Waals surface area contributed by atoms with Crippen molar-refractivity contribution in [3.05, 3.63) is 29.8 Å². The summed E-state index contributed by atoms with van der Waals surface area (Å²) in [5.41, 5.74) is 1.28. The highest BCUT2D eigenvalue weighted by atomic mass is 16.5. The number of likely N-dealkylation sites (tertiary alicyclic amines) is 1. The Morgan fingerprint density at radius 2 is 2.10 bits per heavy atom. The van der Waals surface area contributed by atoms with Crippen molar-refractivity contribution in [1.82, 2.24) is 4.90 Å². The zero-order valence-electron chi connectivity index (χ0n) is 12.5. The molecule has 0 aliphatic carbocycles. The molecule has 21 heavy (non-hydrogen) atoms. The molecule has 1 aliphatic heterocycles. The molecule has 0 spiro atoms. The van der Waals surface area contributed by atoms with Gasteiger partial charge in [-0.2, -0.15) is 10.5 Å². The van der Waals surface area contributed by atoms with Crippen LogP contribution in [0.25, 0.3) is 0 Å². The SMILES string of the molecule is COc1ccc([C@@H]2CCCN2C[C@@H](C#N)CCC#N)cc1. The van der Waals surface area contributed by atoms with Crippen molar-refractivity contribution in [3.8, 4) is 17.9 Å². The average molecular weight is 283 g/mol. The van der Waals surface area contributed by atoms with Gasteiger partial charge < -0.3 is 4.74 Å². The summed E-state index contributed by atoms with van der Waals surface area (Å²) in [4.78, 5) is 2.38. The Morgan fingerprint density at radius 3 is 2.71 bits per heavy atom. The van der Waals surface area contributed by atoms with Gasteiger partial charge >= 0.3 is 0 Å². The summed E-state index contributed by atoms with van der Waals surface area (Å²) in [6, 6.07) is 13.1. The molecule has 1 heterocycles. The molecule has 0 saturated carbocycles. The lowest BCUT2D eigenvalue weighted by Crippen LogP contribution is -2.28. The van der Waals surface area contributed by atoms with Crippen LogP contribution in [0.15, 0.2) is 24.3 Å². The van der Waals surface area contributed by atoms with E-state index in [2.05, 4.69) is 29.2 Å². The third kappa shape index (κ3) is 3.97. The van der Waals surface area contributed by atoms with Crippen molar-refractivity contribution >= 4 is 0 Å². The molecule has 0 unspecified atom stereocenters. The largest absolute Gasteiger partial charge is 0.497 e. The lowest BCUT2D eigenvalue weighted by molar-refractivity contribution is 0.230. The summed E-state index contributed by atoms with van der Waals surface area (Å²) in [6.07, 6.45) is 3.41. The Bertz CT molecular complexity index is 526. The molecule has 1 aromatic carbocycles. The molecule has 1 aromatic rings. The van der Waals surface area contributed by atoms with Crippen molar-refractivity contribution in [2.45, 2.75) is 31.7 Å². The van der Waals surface area contributed by atoms with Gasteiger partial charge in [0.05, 0.1) is 25.2 Å². The molecule has 1 saturated heterocycles. The molecule has 4 heteroatoms. The third-order valence-corrected chi connectivity index (χ3v) is 4.11. The molecule has 4 nitrogen and oxygen atoms in total. The molecule has 2 atom stereocenters. The second-order valence-corrected chi connectivity index (χ2v) is 5.45. The topological polar surface area (TPSA) is 60.0 Å². The van der Waals surface area contributed by atoms with Crippen LogP contribution >= 0.6 is 0 Å². The van der Waals surface area contributed by atoms with Crippen LogP contribution < -0.4 is 4.74 Å². The normalized spacial score (nSPS) is 19.7. The fourth-order valence-electron chi connectivity index (χ4n) is 2.97. The first-order valence-corrected chi connectivity index (χ1v) is 7.43. The quantitative estimate of drug-likeness (QED) is 0.804. The minimum atomic E-state index is -0.0523. The fourth-order valence-corrected chi connectivity index (χ4v) is 2.97. The Morgan fingerprint density at radius 1 is 1.33 bits per heavy atom. The van der Waals surface area contributed by atoms with Gasteiger partial charge in [0.2, 0.25) is 0 Å². The predicted octanol–water partition coefficient (Wildman–Crippen LogP) is 3.28. The summed E-state index contributed by atoms with van der Waals surface area (Å²) >= 11 is 0. The number of benzene rings is 1. The van der Waals surface area contributed by atoms with Crippen LogP contribution in [-0.2, 0) is 0 Å². The van der Waals surface area contributed by atoms with Crippen molar-refractivity contribution in [2.24, 2.45) is 5.92 Å². The first kappa shape index (κ1) is 15.4. The van der Waals surface area contributed by atoms with E-state index in [1.807, 2.05) is 12.1 Å². The first-order chi connectivity index (χ1) is 10.3. The zero-order valence-corrected chi connectivity index (χ0v) is 12.5. The molecule has 110 valence electrons. The van der Waals surface area contributed by atoms with E-state index >= 15 is 0 Å². The van der Waals surface area contributed by atoms with Gasteiger partial charge in [-0.1, -0.05) is 12.1 Å². The smallest absolute Gasteiger partial charge is 0.118 e. The van der Waals surface area contributed by atoms with E-state index in [-0.39, 0.29) is 5.92 Å². The van der Waals surface area contributed by atoms with Gasteiger partial charge in [-0.25, -0.2) is 0 Å². The zero-order chi connectivity index (χ0) is 15.1. The molecule has 0 N–H and O–H groups in total. The molecule has 1 fully saturated rings. The average Bonchev–Trinajstić information content (AvgIpc) is 2.99. The van der Waals surface area contributed by atoms with Gasteiger partial charge in [0, 0.05) is 19.0 Å².